The van der Waals surface area contributed by atoms with Gasteiger partial charge in [-0.25, -0.2) is 0 Å². The smallest absolute Gasteiger partial charge is 0.257 e. The largest absolute Gasteiger partial charge is 0.497 e. The molecule has 59 heavy (non-hydrogen) atoms. The molecule has 11 nitrogen and oxygen atoms in total. The molecule has 0 spiro atoms. The fourth-order valence-corrected chi connectivity index (χ4v) is 6.65. The monoisotopic (exact) mass is 791 g/mol. The Morgan fingerprint density at radius 1 is 0.661 bits per heavy atom. The summed E-state index contributed by atoms with van der Waals surface area (Å²) < 4.78 is 16.9. The third-order valence-electron chi connectivity index (χ3n) is 9.82. The van der Waals surface area contributed by atoms with Crippen molar-refractivity contribution in [3.63, 3.8) is 0 Å². The first kappa shape index (κ1) is 41.6. The van der Waals surface area contributed by atoms with Gasteiger partial charge < -0.3 is 35.9 Å². The van der Waals surface area contributed by atoms with Crippen LogP contribution >= 0.6 is 0 Å². The normalized spacial score (nSPS) is 12.3. The van der Waals surface area contributed by atoms with Gasteiger partial charge in [-0.15, -0.1) is 0 Å². The topological polar surface area (TPSA) is 154 Å². The van der Waals surface area contributed by atoms with Gasteiger partial charge in [-0.3, -0.25) is 19.4 Å². The van der Waals surface area contributed by atoms with Crippen LogP contribution in [0.1, 0.15) is 35.2 Å². The Morgan fingerprint density at radius 2 is 1.31 bits per heavy atom. The summed E-state index contributed by atoms with van der Waals surface area (Å²) in [4.78, 5) is 45.1. The number of carbonyl (C=O) groups is 3. The quantitative estimate of drug-likeness (QED) is 0.0775. The Bertz CT molecular complexity index is 2290. The molecule has 0 aliphatic rings. The SMILES string of the molecule is CCNC(=O)COc1ccc(C(NC(=O)[C@H](Cc2ccc(-c3ccccc3)nc2)NC(=O)[C@@H](N)Cc2ccc(-c3ccccc3)cc2)c2ccc(OC)cc2OC)cc1. The number of amides is 3. The zero-order chi connectivity index (χ0) is 41.6. The van der Waals surface area contributed by atoms with Crippen LogP contribution in [0.4, 0.5) is 0 Å². The van der Waals surface area contributed by atoms with Gasteiger partial charge >= 0.3 is 0 Å². The molecular weight excluding hydrogens is 743 g/mol. The number of likely N-dealkylation sites (N-methyl/N-ethyl adjacent to an activating group) is 1. The van der Waals surface area contributed by atoms with E-state index in [0.29, 0.717) is 34.9 Å². The van der Waals surface area contributed by atoms with Crippen molar-refractivity contribution in [3.05, 3.63) is 168 Å². The molecule has 1 unspecified atom stereocenters. The number of rotatable bonds is 18. The molecule has 0 bridgehead atoms. The summed E-state index contributed by atoms with van der Waals surface area (Å²) in [5.41, 5.74) is 13.4. The van der Waals surface area contributed by atoms with Crippen molar-refractivity contribution in [2.24, 2.45) is 5.73 Å². The maximum atomic E-state index is 14.6. The molecular formula is C48H49N5O6. The summed E-state index contributed by atoms with van der Waals surface area (Å²) >= 11 is 0. The van der Waals surface area contributed by atoms with Crippen molar-refractivity contribution < 1.29 is 28.6 Å². The lowest BCUT2D eigenvalue weighted by Gasteiger charge is -2.26. The van der Waals surface area contributed by atoms with E-state index >= 15 is 0 Å². The fourth-order valence-electron chi connectivity index (χ4n) is 6.65. The highest BCUT2D eigenvalue weighted by Crippen LogP contribution is 2.34. The van der Waals surface area contributed by atoms with Crippen molar-refractivity contribution >= 4 is 17.7 Å². The zero-order valence-electron chi connectivity index (χ0n) is 33.4. The van der Waals surface area contributed by atoms with Gasteiger partial charge in [-0.2, -0.15) is 0 Å². The number of hydrogen-bond donors (Lipinski definition) is 4. The number of aromatic nitrogens is 1. The van der Waals surface area contributed by atoms with E-state index in [4.69, 9.17) is 19.9 Å². The minimum Gasteiger partial charge on any atom is -0.497 e. The van der Waals surface area contributed by atoms with E-state index in [1.807, 2.05) is 110 Å². The van der Waals surface area contributed by atoms with Gasteiger partial charge in [0.1, 0.15) is 23.3 Å². The van der Waals surface area contributed by atoms with E-state index in [0.717, 1.165) is 33.5 Å². The summed E-state index contributed by atoms with van der Waals surface area (Å²) in [7, 11) is 3.10. The molecule has 1 heterocycles. The molecule has 3 atom stereocenters. The van der Waals surface area contributed by atoms with Gasteiger partial charge in [-0.05, 0) is 71.5 Å². The van der Waals surface area contributed by atoms with Crippen molar-refractivity contribution in [2.75, 3.05) is 27.4 Å². The lowest BCUT2D eigenvalue weighted by molar-refractivity contribution is -0.129. The first-order valence-electron chi connectivity index (χ1n) is 19.5. The van der Waals surface area contributed by atoms with Crippen molar-refractivity contribution in [1.29, 1.82) is 0 Å². The summed E-state index contributed by atoms with van der Waals surface area (Å²) in [5, 5.41) is 8.85. The molecule has 302 valence electrons. The maximum Gasteiger partial charge on any atom is 0.257 e. The van der Waals surface area contributed by atoms with Crippen LogP contribution in [0.25, 0.3) is 22.4 Å². The summed E-state index contributed by atoms with van der Waals surface area (Å²) in [6.45, 7) is 2.20. The zero-order valence-corrected chi connectivity index (χ0v) is 33.4. The van der Waals surface area contributed by atoms with Crippen LogP contribution in [0.15, 0.2) is 146 Å². The highest BCUT2D eigenvalue weighted by atomic mass is 16.5. The van der Waals surface area contributed by atoms with Crippen LogP contribution in [-0.4, -0.2) is 62.2 Å². The average molecular weight is 792 g/mol. The number of nitrogens with zero attached hydrogens (tertiary/aromatic N) is 1. The van der Waals surface area contributed by atoms with Gasteiger partial charge in [-0.1, -0.05) is 103 Å². The third-order valence-corrected chi connectivity index (χ3v) is 9.82. The van der Waals surface area contributed by atoms with Crippen LogP contribution in [0.5, 0.6) is 17.2 Å². The van der Waals surface area contributed by atoms with Gasteiger partial charge in [0.25, 0.3) is 5.91 Å². The van der Waals surface area contributed by atoms with Crippen LogP contribution in [-0.2, 0) is 27.2 Å². The molecule has 1 aromatic heterocycles. The van der Waals surface area contributed by atoms with Crippen LogP contribution in [0, 0.1) is 0 Å². The number of pyridine rings is 1. The number of hydrogen-bond acceptors (Lipinski definition) is 8. The van der Waals surface area contributed by atoms with E-state index in [1.54, 1.807) is 56.8 Å². The molecule has 5 N–H and O–H groups in total. The van der Waals surface area contributed by atoms with E-state index in [9.17, 15) is 14.4 Å². The number of nitrogens with one attached hydrogen (secondary N) is 3. The second-order valence-electron chi connectivity index (χ2n) is 13.9. The number of carbonyl (C=O) groups excluding carboxylic acids is 3. The predicted molar refractivity (Wildman–Crippen MR) is 229 cm³/mol. The molecule has 0 radical (unpaired) electrons. The second-order valence-corrected chi connectivity index (χ2v) is 13.9. The van der Waals surface area contributed by atoms with Crippen LogP contribution < -0.4 is 35.9 Å². The molecule has 0 saturated heterocycles. The second kappa shape index (κ2) is 20.4. The van der Waals surface area contributed by atoms with E-state index < -0.39 is 29.9 Å². The first-order valence-corrected chi connectivity index (χ1v) is 19.5. The van der Waals surface area contributed by atoms with Gasteiger partial charge in [0.05, 0.1) is 32.0 Å². The molecule has 0 saturated carbocycles. The summed E-state index contributed by atoms with van der Waals surface area (Å²) in [5.74, 6) is 0.371. The van der Waals surface area contributed by atoms with Gasteiger partial charge in [0.15, 0.2) is 6.61 Å². The van der Waals surface area contributed by atoms with Crippen LogP contribution in [0.3, 0.4) is 0 Å². The summed E-state index contributed by atoms with van der Waals surface area (Å²) in [6, 6.07) is 41.3. The average Bonchev–Trinajstić information content (AvgIpc) is 3.28. The lowest BCUT2D eigenvalue weighted by Crippen LogP contribution is -2.53. The minimum absolute atomic E-state index is 0.136. The highest BCUT2D eigenvalue weighted by Gasteiger charge is 2.29. The molecule has 0 fully saturated rings. The van der Waals surface area contributed by atoms with Crippen molar-refractivity contribution in [1.82, 2.24) is 20.9 Å². The van der Waals surface area contributed by atoms with Crippen molar-refractivity contribution in [2.45, 2.75) is 37.9 Å². The molecule has 5 aromatic carbocycles. The first-order chi connectivity index (χ1) is 28.7. The number of methoxy groups -OCH3 is 2. The summed E-state index contributed by atoms with van der Waals surface area (Å²) in [6.07, 6.45) is 2.12. The Hall–Kier alpha value is -6.98. The molecule has 0 aliphatic heterocycles. The third kappa shape index (κ3) is 11.3. The standard InChI is InChI=1S/C48H49N5O6/c1-4-50-45(54)31-59-38-22-20-37(21-23-38)46(40-25-24-39(57-2)29-44(40)58-3)53-48(56)43(28-33-17-26-42(51-30-33)36-13-9-6-10-14-36)52-47(55)41(49)27-32-15-18-35(19-16-32)34-11-7-5-8-12-34/h5-26,29-30,41,43,46H,4,27-28,31,49H2,1-3H3,(H,50,54)(H,52,55)(H,53,56)/t41-,43-,46?/m0/s1. The van der Waals surface area contributed by atoms with Gasteiger partial charge in [0.2, 0.25) is 11.8 Å². The fraction of sp³-hybridized carbons (Fsp3) is 0.208. The molecule has 0 aliphatic carbocycles. The Balaban J connectivity index is 1.26. The molecule has 6 aromatic rings. The number of ether oxygens (including phenoxy) is 3. The predicted octanol–water partition coefficient (Wildman–Crippen LogP) is 6.45. The Morgan fingerprint density at radius 3 is 1.93 bits per heavy atom. The molecule has 6 rings (SSSR count). The van der Waals surface area contributed by atoms with E-state index in [1.165, 1.54) is 0 Å². The Labute approximate surface area is 344 Å². The molecule has 11 heteroatoms. The number of nitrogens with two attached hydrogens (primary N) is 1. The number of benzene rings is 5. The maximum absolute atomic E-state index is 14.6. The van der Waals surface area contributed by atoms with Crippen LogP contribution in [0.2, 0.25) is 0 Å². The minimum atomic E-state index is -1.04. The highest BCUT2D eigenvalue weighted by molar-refractivity contribution is 5.90. The molecule has 3 amide bonds. The van der Waals surface area contributed by atoms with E-state index in [-0.39, 0.29) is 25.4 Å². The lowest BCUT2D eigenvalue weighted by atomic mass is 9.96. The van der Waals surface area contributed by atoms with Gasteiger partial charge in [0, 0.05) is 36.4 Å². The van der Waals surface area contributed by atoms with Crippen molar-refractivity contribution in [3.8, 4) is 39.6 Å². The van der Waals surface area contributed by atoms with E-state index in [2.05, 4.69) is 20.9 Å². The Kier molecular flexibility index (Phi) is 14.4.